The smallest absolute Gasteiger partial charge is 0.240 e. The molecule has 134 heavy (non-hydrogen) atoms. The standard InChI is InChI=1S/C64H40N6.C57H35N7/c1-4-18-41(19-5-1)42-32-34-43(35-33-42)54-40-59(69-57-30-16-12-26-48(57)52-38-36-50-46-24-10-14-28-55(46)67(60(50)62(52)69)44-20-6-2-7-21-44)66-64(65-54)70-58-31-17-13-27-49(58)53-39-37-51-47-25-11-15-29-56(47)68(61(51)63(53)70)45-22-8-3-9-23-45;1-2-16-36(17-3-1)55-58-56(63-51-28-14-8-22-43(51)45-34-37(30-32-53(45)63)61-47-24-10-4-18-39(47)40-19-5-11-25-48(40)61)60-57(59-55)64-52-29-15-9-23-44(52)46-35-38(31-33-54(46)64)62-49-26-12-6-20-41(49)42-21-7-13-27-50(42)62/h1-40H;1-35H. The summed E-state index contributed by atoms with van der Waals surface area (Å²) >= 11 is 0. The molecule has 0 aliphatic carbocycles. The van der Waals surface area contributed by atoms with Crippen LogP contribution in [-0.2, 0) is 0 Å². The second-order valence-electron chi connectivity index (χ2n) is 34.6. The average molecular weight is 1710 g/mol. The number of hydrogen-bond donors (Lipinski definition) is 0. The predicted molar refractivity (Wildman–Crippen MR) is 553 cm³/mol. The molecule has 0 fully saturated rings. The van der Waals surface area contributed by atoms with Gasteiger partial charge in [0.2, 0.25) is 17.8 Å². The van der Waals surface area contributed by atoms with Gasteiger partial charge in [0.05, 0.1) is 94.0 Å². The average Bonchev–Trinajstić information content (AvgIpc) is 1.54. The number of nitrogens with zero attached hydrogens (tertiary/aromatic N) is 13. The first-order valence-corrected chi connectivity index (χ1v) is 45.5. The maximum atomic E-state index is 5.83. The van der Waals surface area contributed by atoms with Gasteiger partial charge in [-0.2, -0.15) is 19.9 Å². The largest absolute Gasteiger partial charge is 0.309 e. The van der Waals surface area contributed by atoms with Crippen LogP contribution in [0, 0.1) is 0 Å². The summed E-state index contributed by atoms with van der Waals surface area (Å²) in [5.74, 6) is 3.06. The van der Waals surface area contributed by atoms with Crippen LogP contribution in [0.15, 0.2) is 455 Å². The molecule has 0 spiro atoms. The Labute approximate surface area is 765 Å². The van der Waals surface area contributed by atoms with Crippen molar-refractivity contribution in [2.45, 2.75) is 0 Å². The molecule has 0 N–H and O–H groups in total. The van der Waals surface area contributed by atoms with Crippen molar-refractivity contribution in [1.29, 1.82) is 0 Å². The van der Waals surface area contributed by atoms with Crippen LogP contribution < -0.4 is 0 Å². The highest BCUT2D eigenvalue weighted by atomic mass is 15.3. The van der Waals surface area contributed by atoms with Crippen LogP contribution in [0.25, 0.3) is 255 Å². The Morgan fingerprint density at radius 3 is 0.776 bits per heavy atom. The highest BCUT2D eigenvalue weighted by molar-refractivity contribution is 6.26. The monoisotopic (exact) mass is 1710 g/mol. The fourth-order valence-electron chi connectivity index (χ4n) is 21.7. The topological polar surface area (TPSA) is 104 Å². The van der Waals surface area contributed by atoms with Crippen molar-refractivity contribution in [3.05, 3.63) is 455 Å². The molecule has 10 heterocycles. The maximum Gasteiger partial charge on any atom is 0.240 e. The summed E-state index contributed by atoms with van der Waals surface area (Å²) in [6, 6.07) is 163. The molecule has 10 aromatic heterocycles. The van der Waals surface area contributed by atoms with Gasteiger partial charge in [-0.15, -0.1) is 0 Å². The summed E-state index contributed by atoms with van der Waals surface area (Å²) < 4.78 is 18.7. The number of benzene rings is 19. The number of fused-ring (bicyclic) bond motifs is 26. The zero-order valence-electron chi connectivity index (χ0n) is 72.1. The molecule has 0 aliphatic rings. The van der Waals surface area contributed by atoms with Gasteiger partial charge in [-0.25, -0.2) is 4.98 Å². The summed E-state index contributed by atoms with van der Waals surface area (Å²) in [5.41, 5.74) is 27.0. The molecular weight excluding hydrogens is 1640 g/mol. The van der Waals surface area contributed by atoms with Crippen molar-refractivity contribution >= 4 is 174 Å². The Morgan fingerprint density at radius 1 is 0.134 bits per heavy atom. The molecule has 13 heteroatoms. The minimum absolute atomic E-state index is 0.549. The summed E-state index contributed by atoms with van der Waals surface area (Å²) in [6.45, 7) is 0. The third-order valence-corrected chi connectivity index (χ3v) is 27.4. The first-order valence-electron chi connectivity index (χ1n) is 45.5. The summed E-state index contributed by atoms with van der Waals surface area (Å²) in [6.07, 6.45) is 0. The van der Waals surface area contributed by atoms with Crippen molar-refractivity contribution in [1.82, 2.24) is 61.5 Å². The molecule has 0 bridgehead atoms. The summed E-state index contributed by atoms with van der Waals surface area (Å²) in [4.78, 5) is 27.5. The lowest BCUT2D eigenvalue weighted by atomic mass is 10.0. The van der Waals surface area contributed by atoms with E-state index in [9.17, 15) is 0 Å². The second kappa shape index (κ2) is 29.6. The first-order chi connectivity index (χ1) is 66.5. The summed E-state index contributed by atoms with van der Waals surface area (Å²) in [7, 11) is 0. The van der Waals surface area contributed by atoms with Gasteiger partial charge in [0, 0.05) is 126 Å². The van der Waals surface area contributed by atoms with Crippen LogP contribution in [0.4, 0.5) is 0 Å². The van der Waals surface area contributed by atoms with E-state index in [-0.39, 0.29) is 0 Å². The maximum absolute atomic E-state index is 5.83. The zero-order valence-corrected chi connectivity index (χ0v) is 72.1. The van der Waals surface area contributed by atoms with E-state index in [1.165, 1.54) is 70.7 Å². The molecule has 0 saturated carbocycles. The molecule has 0 aliphatic heterocycles. The molecule has 0 saturated heterocycles. The fraction of sp³-hybridized carbons (Fsp3) is 0. The van der Waals surface area contributed by atoms with Gasteiger partial charge < -0.3 is 18.3 Å². The molecular formula is C121H75N13. The molecule has 624 valence electrons. The van der Waals surface area contributed by atoms with E-state index in [4.69, 9.17) is 24.9 Å². The Balaban J connectivity index is 0.000000134. The molecule has 19 aromatic carbocycles. The van der Waals surface area contributed by atoms with Crippen molar-refractivity contribution in [3.8, 4) is 80.2 Å². The summed E-state index contributed by atoms with van der Waals surface area (Å²) in [5, 5.41) is 18.8. The number of hydrogen-bond acceptors (Lipinski definition) is 5. The van der Waals surface area contributed by atoms with Gasteiger partial charge in [0.15, 0.2) is 5.82 Å². The van der Waals surface area contributed by atoms with Crippen LogP contribution in [0.1, 0.15) is 0 Å². The van der Waals surface area contributed by atoms with Gasteiger partial charge in [0.1, 0.15) is 5.82 Å². The van der Waals surface area contributed by atoms with Crippen molar-refractivity contribution in [3.63, 3.8) is 0 Å². The molecule has 0 radical (unpaired) electrons. The van der Waals surface area contributed by atoms with E-state index in [2.05, 4.69) is 473 Å². The van der Waals surface area contributed by atoms with E-state index < -0.39 is 0 Å². The quantitative estimate of drug-likeness (QED) is 0.128. The highest BCUT2D eigenvalue weighted by Gasteiger charge is 2.29. The molecule has 0 amide bonds. The second-order valence-corrected chi connectivity index (χ2v) is 34.6. The van der Waals surface area contributed by atoms with Crippen LogP contribution in [0.2, 0.25) is 0 Å². The van der Waals surface area contributed by atoms with Crippen molar-refractivity contribution in [2.24, 2.45) is 0 Å². The van der Waals surface area contributed by atoms with E-state index >= 15 is 0 Å². The Hall–Kier alpha value is -18.3. The molecule has 29 aromatic rings. The van der Waals surface area contributed by atoms with E-state index in [0.29, 0.717) is 23.7 Å². The van der Waals surface area contributed by atoms with E-state index in [1.807, 2.05) is 18.2 Å². The molecule has 0 unspecified atom stereocenters. The van der Waals surface area contributed by atoms with E-state index in [1.54, 1.807) is 0 Å². The highest BCUT2D eigenvalue weighted by Crippen LogP contribution is 2.48. The zero-order chi connectivity index (χ0) is 87.7. The first kappa shape index (κ1) is 74.7. The van der Waals surface area contributed by atoms with Crippen molar-refractivity contribution in [2.75, 3.05) is 0 Å². The predicted octanol–water partition coefficient (Wildman–Crippen LogP) is 30.1. The van der Waals surface area contributed by atoms with Crippen LogP contribution in [0.3, 0.4) is 0 Å². The van der Waals surface area contributed by atoms with Gasteiger partial charge in [-0.1, -0.05) is 328 Å². The van der Waals surface area contributed by atoms with Gasteiger partial charge in [-0.3, -0.25) is 18.3 Å². The SMILES string of the molecule is c1ccc(-c2ccc(-c3cc(-n4c5ccccc5c5ccc6c7ccccc7n(-c7ccccc7)c6c54)nc(-n4c5ccccc5c5ccc6c7ccccc7n(-c7ccccc7)c6c54)n3)cc2)cc1.c1ccc(-c2nc(-n3c4ccccc4c4cc(-n5c6ccccc6c6ccccc65)ccc43)nc(-n3c4ccccc4c4cc(-n5c6ccccc6c6ccccc65)ccc43)n2)cc1. The van der Waals surface area contributed by atoms with Crippen molar-refractivity contribution < 1.29 is 0 Å². The Morgan fingerprint density at radius 2 is 0.396 bits per heavy atom. The normalized spacial score (nSPS) is 12.0. The van der Waals surface area contributed by atoms with Gasteiger partial charge in [0.25, 0.3) is 0 Å². The lowest BCUT2D eigenvalue weighted by Gasteiger charge is -2.16. The molecule has 0 atom stereocenters. The lowest BCUT2D eigenvalue weighted by Crippen LogP contribution is -2.10. The molecule has 29 rings (SSSR count). The van der Waals surface area contributed by atoms with Crippen LogP contribution >= 0.6 is 0 Å². The minimum Gasteiger partial charge on any atom is -0.309 e. The number of aromatic nitrogens is 13. The van der Waals surface area contributed by atoms with Gasteiger partial charge in [-0.05, 0) is 132 Å². The molecule has 13 nitrogen and oxygen atoms in total. The van der Waals surface area contributed by atoms with Gasteiger partial charge >= 0.3 is 0 Å². The number of rotatable bonds is 11. The minimum atomic E-state index is 0.549. The van der Waals surface area contributed by atoms with E-state index in [0.717, 1.165) is 160 Å². The third-order valence-electron chi connectivity index (χ3n) is 27.4. The Bertz CT molecular complexity index is 9290. The third kappa shape index (κ3) is 11.3. The lowest BCUT2D eigenvalue weighted by molar-refractivity contribution is 0.892. The fourth-order valence-corrected chi connectivity index (χ4v) is 21.7. The van der Waals surface area contributed by atoms with Crippen LogP contribution in [-0.4, -0.2) is 61.5 Å². The van der Waals surface area contributed by atoms with Crippen LogP contribution in [0.5, 0.6) is 0 Å². The Kier molecular flexibility index (Phi) is 16.5. The number of para-hydroxylation sites is 12.